The molecule has 1 aromatic carbocycles. The number of rotatable bonds is 2. The van der Waals surface area contributed by atoms with Crippen LogP contribution in [0.5, 0.6) is 5.75 Å². The first-order chi connectivity index (χ1) is 7.29. The maximum absolute atomic E-state index is 5.12. The van der Waals surface area contributed by atoms with Gasteiger partial charge in [0.15, 0.2) is 0 Å². The molecule has 1 aliphatic rings. The minimum Gasteiger partial charge on any atom is -0.497 e. The predicted octanol–water partition coefficient (Wildman–Crippen LogP) is 3.31. The van der Waals surface area contributed by atoms with Crippen LogP contribution in [0.2, 0.25) is 0 Å². The zero-order valence-electron chi connectivity index (χ0n) is 8.48. The van der Waals surface area contributed by atoms with Gasteiger partial charge in [-0.1, -0.05) is 6.08 Å². The molecule has 3 heteroatoms. The summed E-state index contributed by atoms with van der Waals surface area (Å²) in [5.41, 5.74) is 1.16. The molecule has 0 spiro atoms. The Labute approximate surface area is 98.0 Å². The third-order valence-corrected chi connectivity index (χ3v) is 2.73. The van der Waals surface area contributed by atoms with E-state index in [4.69, 9.17) is 4.74 Å². The van der Waals surface area contributed by atoms with E-state index in [1.807, 2.05) is 12.1 Å². The number of halogens is 1. The van der Waals surface area contributed by atoms with Crippen LogP contribution in [-0.4, -0.2) is 13.7 Å². The molecule has 0 bridgehead atoms. The summed E-state index contributed by atoms with van der Waals surface area (Å²) < 4.78 is 6.21. The van der Waals surface area contributed by atoms with Crippen molar-refractivity contribution in [2.75, 3.05) is 18.6 Å². The number of hydrogen-bond acceptors (Lipinski definition) is 2. The highest BCUT2D eigenvalue weighted by molar-refractivity contribution is 9.11. The van der Waals surface area contributed by atoms with Crippen LogP contribution in [0.3, 0.4) is 0 Å². The second-order valence-corrected chi connectivity index (χ2v) is 4.18. The number of methoxy groups -OCH3 is 1. The number of allylic oxidation sites excluding steroid dienone is 2. The number of anilines is 1. The largest absolute Gasteiger partial charge is 0.497 e. The Morgan fingerprint density at radius 2 is 2.00 bits per heavy atom. The predicted molar refractivity (Wildman–Crippen MR) is 66.5 cm³/mol. The molecular formula is C12H12BrNO. The van der Waals surface area contributed by atoms with Crippen molar-refractivity contribution in [3.8, 4) is 5.75 Å². The Morgan fingerprint density at radius 3 is 2.60 bits per heavy atom. The molecule has 0 aliphatic carbocycles. The third kappa shape index (κ3) is 2.42. The maximum Gasteiger partial charge on any atom is 0.119 e. The molecular weight excluding hydrogens is 254 g/mol. The van der Waals surface area contributed by atoms with Gasteiger partial charge in [-0.2, -0.15) is 0 Å². The normalized spacial score (nSPS) is 15.1. The Kier molecular flexibility index (Phi) is 3.11. The Balaban J connectivity index is 2.19. The molecule has 0 unspecified atom stereocenters. The van der Waals surface area contributed by atoms with Gasteiger partial charge in [-0.05, 0) is 46.3 Å². The zero-order valence-corrected chi connectivity index (χ0v) is 10.1. The van der Waals surface area contributed by atoms with Crippen LogP contribution in [0, 0.1) is 0 Å². The molecule has 1 aromatic rings. The smallest absolute Gasteiger partial charge is 0.119 e. The standard InChI is InChI=1S/C12H12BrNO/c1-15-12-6-4-11(5-7-12)14-8-2-3-10(13)9-14/h2-7,9H,8H2,1H3. The summed E-state index contributed by atoms with van der Waals surface area (Å²) in [6.45, 7) is 0.904. The lowest BCUT2D eigenvalue weighted by molar-refractivity contribution is 0.415. The summed E-state index contributed by atoms with van der Waals surface area (Å²) in [5.74, 6) is 0.884. The average Bonchev–Trinajstić information content (AvgIpc) is 2.29. The van der Waals surface area contributed by atoms with Crippen molar-refractivity contribution in [1.29, 1.82) is 0 Å². The zero-order chi connectivity index (χ0) is 10.7. The number of nitrogens with zero attached hydrogens (tertiary/aromatic N) is 1. The molecule has 1 heterocycles. The topological polar surface area (TPSA) is 12.5 Å². The van der Waals surface area contributed by atoms with Gasteiger partial charge in [0, 0.05) is 22.9 Å². The van der Waals surface area contributed by atoms with E-state index in [9.17, 15) is 0 Å². The lowest BCUT2D eigenvalue weighted by Crippen LogP contribution is -2.18. The second-order valence-electron chi connectivity index (χ2n) is 3.27. The van der Waals surface area contributed by atoms with E-state index in [1.165, 1.54) is 0 Å². The number of ether oxygens (including phenoxy) is 1. The molecule has 0 amide bonds. The van der Waals surface area contributed by atoms with Crippen LogP contribution in [0.15, 0.2) is 47.1 Å². The molecule has 2 nitrogen and oxygen atoms in total. The Morgan fingerprint density at radius 1 is 1.27 bits per heavy atom. The van der Waals surface area contributed by atoms with Gasteiger partial charge in [-0.3, -0.25) is 0 Å². The number of benzene rings is 1. The fraction of sp³-hybridized carbons (Fsp3) is 0.167. The van der Waals surface area contributed by atoms with Gasteiger partial charge in [-0.25, -0.2) is 0 Å². The highest BCUT2D eigenvalue weighted by Gasteiger charge is 2.05. The van der Waals surface area contributed by atoms with Gasteiger partial charge in [0.25, 0.3) is 0 Å². The first-order valence-electron chi connectivity index (χ1n) is 4.74. The van der Waals surface area contributed by atoms with E-state index in [2.05, 4.69) is 51.3 Å². The second kappa shape index (κ2) is 4.53. The van der Waals surface area contributed by atoms with Crippen LogP contribution >= 0.6 is 15.9 Å². The van der Waals surface area contributed by atoms with Crippen molar-refractivity contribution in [1.82, 2.24) is 0 Å². The lowest BCUT2D eigenvalue weighted by Gasteiger charge is -2.21. The minimum absolute atomic E-state index is 0.884. The number of hydrogen-bond donors (Lipinski definition) is 0. The average molecular weight is 266 g/mol. The molecule has 0 saturated carbocycles. The van der Waals surface area contributed by atoms with Crippen molar-refractivity contribution in [3.05, 3.63) is 47.1 Å². The fourth-order valence-corrected chi connectivity index (χ4v) is 1.91. The molecule has 0 N–H and O–H groups in total. The fourth-order valence-electron chi connectivity index (χ4n) is 1.48. The SMILES string of the molecule is COc1ccc(N2C=C(Br)C=CC2)cc1. The highest BCUT2D eigenvalue weighted by atomic mass is 79.9. The van der Waals surface area contributed by atoms with E-state index in [0.29, 0.717) is 0 Å². The Hall–Kier alpha value is -1.22. The molecule has 0 radical (unpaired) electrons. The van der Waals surface area contributed by atoms with Crippen molar-refractivity contribution in [2.45, 2.75) is 0 Å². The summed E-state index contributed by atoms with van der Waals surface area (Å²) in [6, 6.07) is 8.04. The van der Waals surface area contributed by atoms with Gasteiger partial charge in [0.2, 0.25) is 0 Å². The molecule has 1 aliphatic heterocycles. The van der Waals surface area contributed by atoms with Gasteiger partial charge in [0.1, 0.15) is 5.75 Å². The van der Waals surface area contributed by atoms with Crippen LogP contribution in [0.25, 0.3) is 0 Å². The maximum atomic E-state index is 5.12. The van der Waals surface area contributed by atoms with Crippen LogP contribution < -0.4 is 9.64 Å². The monoisotopic (exact) mass is 265 g/mol. The van der Waals surface area contributed by atoms with Gasteiger partial charge < -0.3 is 9.64 Å². The summed E-state index contributed by atoms with van der Waals surface area (Å²) in [5, 5.41) is 0. The summed E-state index contributed by atoms with van der Waals surface area (Å²) >= 11 is 3.46. The molecule has 78 valence electrons. The van der Waals surface area contributed by atoms with Crippen LogP contribution in [0.4, 0.5) is 5.69 Å². The quantitative estimate of drug-likeness (QED) is 0.814. The van der Waals surface area contributed by atoms with Gasteiger partial charge >= 0.3 is 0 Å². The van der Waals surface area contributed by atoms with Crippen molar-refractivity contribution in [2.24, 2.45) is 0 Å². The molecule has 0 atom stereocenters. The molecule has 2 rings (SSSR count). The summed E-state index contributed by atoms with van der Waals surface area (Å²) in [6.07, 6.45) is 6.25. The molecule has 15 heavy (non-hydrogen) atoms. The van der Waals surface area contributed by atoms with E-state index in [1.54, 1.807) is 7.11 Å². The van der Waals surface area contributed by atoms with E-state index < -0.39 is 0 Å². The highest BCUT2D eigenvalue weighted by Crippen LogP contribution is 2.23. The minimum atomic E-state index is 0.884. The Bertz CT molecular complexity index is 395. The van der Waals surface area contributed by atoms with E-state index >= 15 is 0 Å². The van der Waals surface area contributed by atoms with Gasteiger partial charge in [-0.15, -0.1) is 0 Å². The molecule has 0 saturated heterocycles. The molecule has 0 aromatic heterocycles. The van der Waals surface area contributed by atoms with Crippen molar-refractivity contribution >= 4 is 21.6 Å². The van der Waals surface area contributed by atoms with Crippen LogP contribution in [-0.2, 0) is 0 Å². The van der Waals surface area contributed by atoms with E-state index in [-0.39, 0.29) is 0 Å². The van der Waals surface area contributed by atoms with Gasteiger partial charge in [0.05, 0.1) is 7.11 Å². The van der Waals surface area contributed by atoms with Crippen molar-refractivity contribution < 1.29 is 4.74 Å². The first kappa shape index (κ1) is 10.3. The summed E-state index contributed by atoms with van der Waals surface area (Å²) in [4.78, 5) is 2.17. The third-order valence-electron chi connectivity index (χ3n) is 2.26. The lowest BCUT2D eigenvalue weighted by atomic mass is 10.2. The molecule has 0 fully saturated rings. The van der Waals surface area contributed by atoms with Crippen molar-refractivity contribution in [3.63, 3.8) is 0 Å². The summed E-state index contributed by atoms with van der Waals surface area (Å²) in [7, 11) is 1.68. The van der Waals surface area contributed by atoms with E-state index in [0.717, 1.165) is 22.5 Å². The van der Waals surface area contributed by atoms with Crippen LogP contribution in [0.1, 0.15) is 0 Å². The first-order valence-corrected chi connectivity index (χ1v) is 5.53.